The van der Waals surface area contributed by atoms with Gasteiger partial charge in [-0.3, -0.25) is 0 Å². The van der Waals surface area contributed by atoms with Gasteiger partial charge in [0.05, 0.1) is 5.41 Å². The van der Waals surface area contributed by atoms with E-state index < -0.39 is 5.41 Å². The molecule has 0 radical (unpaired) electrons. The van der Waals surface area contributed by atoms with Gasteiger partial charge in [0.15, 0.2) is 0 Å². The van der Waals surface area contributed by atoms with Crippen molar-refractivity contribution in [1.29, 1.82) is 0 Å². The topological polar surface area (TPSA) is 6.48 Å². The SMILES string of the molecule is CC1(C)c2ccccc2-c2cc(N(c3ccccc3)c3ccc4c(c3)C3(c5ccccc5-c5ccc(N(c6ccccc6)c6ccccc6)cc53)c3ccccc3-4)ccc21. The van der Waals surface area contributed by atoms with Crippen LogP contribution in [-0.2, 0) is 10.8 Å². The molecule has 284 valence electrons. The second kappa shape index (κ2) is 13.0. The molecule has 0 fully saturated rings. The summed E-state index contributed by atoms with van der Waals surface area (Å²) in [5.74, 6) is 0. The second-order valence-electron chi connectivity index (χ2n) is 16.9. The first-order chi connectivity index (χ1) is 29.5. The first-order valence-corrected chi connectivity index (χ1v) is 21.0. The van der Waals surface area contributed by atoms with Crippen molar-refractivity contribution in [3.8, 4) is 33.4 Å². The van der Waals surface area contributed by atoms with Gasteiger partial charge in [0.1, 0.15) is 0 Å². The lowest BCUT2D eigenvalue weighted by Gasteiger charge is -2.33. The summed E-state index contributed by atoms with van der Waals surface area (Å²) in [6.07, 6.45) is 0. The van der Waals surface area contributed by atoms with E-state index in [1.54, 1.807) is 0 Å². The van der Waals surface area contributed by atoms with Crippen LogP contribution in [0, 0.1) is 0 Å². The summed E-state index contributed by atoms with van der Waals surface area (Å²) < 4.78 is 0. The van der Waals surface area contributed by atoms with Gasteiger partial charge in [-0.15, -0.1) is 0 Å². The predicted octanol–water partition coefficient (Wildman–Crippen LogP) is 15.3. The van der Waals surface area contributed by atoms with Crippen molar-refractivity contribution in [2.45, 2.75) is 24.7 Å². The van der Waals surface area contributed by atoms with Crippen molar-refractivity contribution in [2.24, 2.45) is 0 Å². The minimum absolute atomic E-state index is 0.0630. The van der Waals surface area contributed by atoms with Crippen LogP contribution in [0.4, 0.5) is 34.1 Å². The first kappa shape index (κ1) is 34.6. The first-order valence-electron chi connectivity index (χ1n) is 21.0. The fraction of sp³-hybridized carbons (Fsp3) is 0.0690. The Morgan fingerprint density at radius 1 is 0.250 bits per heavy atom. The maximum absolute atomic E-state index is 2.50. The Bertz CT molecular complexity index is 3080. The maximum atomic E-state index is 2.50. The molecule has 9 aromatic rings. The lowest BCUT2D eigenvalue weighted by molar-refractivity contribution is 0.660. The van der Waals surface area contributed by atoms with Gasteiger partial charge in [0.25, 0.3) is 0 Å². The fourth-order valence-corrected chi connectivity index (χ4v) is 10.9. The van der Waals surface area contributed by atoms with Crippen LogP contribution in [0.3, 0.4) is 0 Å². The van der Waals surface area contributed by atoms with Crippen molar-refractivity contribution in [3.63, 3.8) is 0 Å². The molecule has 0 saturated carbocycles. The molecule has 2 heteroatoms. The molecule has 1 unspecified atom stereocenters. The fourth-order valence-electron chi connectivity index (χ4n) is 10.9. The minimum atomic E-state index is -0.536. The normalized spacial score (nSPS) is 15.7. The third-order valence-corrected chi connectivity index (χ3v) is 13.4. The molecule has 1 spiro atoms. The molecule has 0 bridgehead atoms. The number of hydrogen-bond acceptors (Lipinski definition) is 2. The van der Waals surface area contributed by atoms with E-state index in [4.69, 9.17) is 0 Å². The average molecular weight is 767 g/mol. The van der Waals surface area contributed by atoms with E-state index >= 15 is 0 Å². The van der Waals surface area contributed by atoms with Gasteiger partial charge >= 0.3 is 0 Å². The van der Waals surface area contributed by atoms with E-state index in [0.717, 1.165) is 34.1 Å². The highest BCUT2D eigenvalue weighted by Crippen LogP contribution is 2.64. The van der Waals surface area contributed by atoms with Crippen LogP contribution in [0.25, 0.3) is 33.4 Å². The van der Waals surface area contributed by atoms with E-state index in [1.165, 1.54) is 66.8 Å². The van der Waals surface area contributed by atoms with Crippen LogP contribution < -0.4 is 9.80 Å². The summed E-state index contributed by atoms with van der Waals surface area (Å²) in [4.78, 5) is 4.84. The molecule has 1 atom stereocenters. The summed E-state index contributed by atoms with van der Waals surface area (Å²) in [6, 6.07) is 80.9. The zero-order valence-corrected chi connectivity index (χ0v) is 33.7. The van der Waals surface area contributed by atoms with E-state index in [2.05, 4.69) is 242 Å². The standard InChI is InChI=1S/C58H42N2/c1-57(2)51-27-15-12-26-47(51)50-36-42(32-35-52(50)57)60(41-22-10-5-11-23-41)44-31-34-49-46-25-14-17-29-54(46)58(56(49)38-44)53-28-16-13-24-45(53)48-33-30-43(37-55(48)58)59(39-18-6-3-7-19-39)40-20-8-4-9-21-40/h3-38H,1-2H3. The van der Waals surface area contributed by atoms with Crippen molar-refractivity contribution in [2.75, 3.05) is 9.80 Å². The Hall–Kier alpha value is -7.42. The lowest BCUT2D eigenvalue weighted by atomic mass is 9.70. The highest BCUT2D eigenvalue weighted by Gasteiger charge is 2.52. The summed E-state index contributed by atoms with van der Waals surface area (Å²) in [5.41, 5.74) is 22.0. The van der Waals surface area contributed by atoms with Crippen LogP contribution in [0.2, 0.25) is 0 Å². The monoisotopic (exact) mass is 766 g/mol. The molecule has 3 aliphatic rings. The Morgan fingerprint density at radius 2 is 0.583 bits per heavy atom. The summed E-state index contributed by atoms with van der Waals surface area (Å²) in [7, 11) is 0. The van der Waals surface area contributed by atoms with E-state index in [0.29, 0.717) is 0 Å². The van der Waals surface area contributed by atoms with Gasteiger partial charge in [-0.1, -0.05) is 159 Å². The third-order valence-electron chi connectivity index (χ3n) is 13.4. The van der Waals surface area contributed by atoms with Gasteiger partial charge in [0.2, 0.25) is 0 Å². The molecular weight excluding hydrogens is 725 g/mol. The Kier molecular flexibility index (Phi) is 7.52. The summed E-state index contributed by atoms with van der Waals surface area (Å²) >= 11 is 0. The quantitative estimate of drug-likeness (QED) is 0.166. The van der Waals surface area contributed by atoms with Gasteiger partial charge in [-0.05, 0) is 140 Å². The van der Waals surface area contributed by atoms with Crippen LogP contribution in [0.1, 0.15) is 47.2 Å². The molecule has 9 aromatic carbocycles. The molecule has 0 N–H and O–H groups in total. The molecule has 2 nitrogen and oxygen atoms in total. The number of anilines is 6. The Balaban J connectivity index is 1.11. The van der Waals surface area contributed by atoms with E-state index in [9.17, 15) is 0 Å². The van der Waals surface area contributed by atoms with Crippen molar-refractivity contribution in [3.05, 3.63) is 252 Å². The number of hydrogen-bond donors (Lipinski definition) is 0. The number of rotatable bonds is 6. The van der Waals surface area contributed by atoms with E-state index in [-0.39, 0.29) is 5.41 Å². The minimum Gasteiger partial charge on any atom is -0.310 e. The van der Waals surface area contributed by atoms with Crippen LogP contribution in [0.5, 0.6) is 0 Å². The summed E-state index contributed by atoms with van der Waals surface area (Å²) in [5, 5.41) is 0. The lowest BCUT2D eigenvalue weighted by Crippen LogP contribution is -2.26. The van der Waals surface area contributed by atoms with Crippen LogP contribution >= 0.6 is 0 Å². The van der Waals surface area contributed by atoms with Gasteiger partial charge in [-0.25, -0.2) is 0 Å². The molecule has 0 aromatic heterocycles. The Labute approximate surface area is 352 Å². The molecule has 0 saturated heterocycles. The molecule has 0 heterocycles. The predicted molar refractivity (Wildman–Crippen MR) is 250 cm³/mol. The molecular formula is C58H42N2. The molecule has 3 aliphatic carbocycles. The van der Waals surface area contributed by atoms with Gasteiger partial charge in [0, 0.05) is 39.5 Å². The van der Waals surface area contributed by atoms with Crippen LogP contribution in [0.15, 0.2) is 218 Å². The summed E-state index contributed by atoms with van der Waals surface area (Å²) in [6.45, 7) is 4.71. The van der Waals surface area contributed by atoms with Crippen LogP contribution in [-0.4, -0.2) is 0 Å². The largest absolute Gasteiger partial charge is 0.310 e. The molecule has 12 rings (SSSR count). The number of nitrogens with zero attached hydrogens (tertiary/aromatic N) is 2. The number of fused-ring (bicyclic) bond motifs is 13. The molecule has 0 amide bonds. The zero-order chi connectivity index (χ0) is 40.0. The third kappa shape index (κ3) is 4.82. The van der Waals surface area contributed by atoms with Crippen molar-refractivity contribution >= 4 is 34.1 Å². The van der Waals surface area contributed by atoms with Gasteiger partial charge in [-0.2, -0.15) is 0 Å². The van der Waals surface area contributed by atoms with Crippen molar-refractivity contribution < 1.29 is 0 Å². The van der Waals surface area contributed by atoms with Gasteiger partial charge < -0.3 is 9.80 Å². The Morgan fingerprint density at radius 3 is 1.07 bits per heavy atom. The molecule has 60 heavy (non-hydrogen) atoms. The number of benzene rings is 9. The number of para-hydroxylation sites is 3. The molecule has 0 aliphatic heterocycles. The smallest absolute Gasteiger partial charge is 0.0727 e. The average Bonchev–Trinajstić information content (AvgIpc) is 3.85. The zero-order valence-electron chi connectivity index (χ0n) is 33.7. The van der Waals surface area contributed by atoms with Crippen molar-refractivity contribution in [1.82, 2.24) is 0 Å². The highest BCUT2D eigenvalue weighted by atomic mass is 15.1. The maximum Gasteiger partial charge on any atom is 0.0727 e. The second-order valence-corrected chi connectivity index (χ2v) is 16.9. The highest BCUT2D eigenvalue weighted by molar-refractivity contribution is 5.98. The van der Waals surface area contributed by atoms with E-state index in [1.807, 2.05) is 0 Å².